The zero-order valence-electron chi connectivity index (χ0n) is 13.0. The van der Waals surface area contributed by atoms with Crippen LogP contribution in [-0.2, 0) is 4.79 Å². The molecule has 0 saturated heterocycles. The number of aliphatic hydroxyl groups is 1. The standard InChI is InChI=1S/C18H23NO2/c1-13-8-9-14(6-5-11-20)16(12-13)19-17(21)15-7-4-10-18(15,2)3/h8-9,12,15,20H,4,7,10-11H2,1-3H3,(H,19,21). The highest BCUT2D eigenvalue weighted by Gasteiger charge is 2.39. The van der Waals surface area contributed by atoms with E-state index in [1.807, 2.05) is 25.1 Å². The van der Waals surface area contributed by atoms with E-state index >= 15 is 0 Å². The van der Waals surface area contributed by atoms with Gasteiger partial charge in [-0.2, -0.15) is 0 Å². The molecule has 1 aromatic carbocycles. The largest absolute Gasteiger partial charge is 0.384 e. The Hall–Kier alpha value is -1.79. The van der Waals surface area contributed by atoms with Crippen LogP contribution in [0.15, 0.2) is 18.2 Å². The minimum absolute atomic E-state index is 0.0525. The van der Waals surface area contributed by atoms with Gasteiger partial charge in [-0.3, -0.25) is 4.79 Å². The third-order valence-electron chi connectivity index (χ3n) is 4.31. The molecule has 0 spiro atoms. The van der Waals surface area contributed by atoms with E-state index in [9.17, 15) is 4.79 Å². The number of hydrogen-bond acceptors (Lipinski definition) is 2. The number of nitrogens with one attached hydrogen (secondary N) is 1. The minimum atomic E-state index is -0.184. The molecule has 21 heavy (non-hydrogen) atoms. The van der Waals surface area contributed by atoms with Crippen molar-refractivity contribution in [2.75, 3.05) is 11.9 Å². The van der Waals surface area contributed by atoms with E-state index in [4.69, 9.17) is 5.11 Å². The van der Waals surface area contributed by atoms with E-state index in [2.05, 4.69) is 31.0 Å². The molecule has 0 aliphatic heterocycles. The highest BCUT2D eigenvalue weighted by molar-refractivity contribution is 5.94. The summed E-state index contributed by atoms with van der Waals surface area (Å²) in [4.78, 5) is 12.6. The Balaban J connectivity index is 2.22. The summed E-state index contributed by atoms with van der Waals surface area (Å²) in [5.41, 5.74) is 2.62. The number of rotatable bonds is 2. The number of amides is 1. The molecule has 1 fully saturated rings. The molecule has 2 N–H and O–H groups in total. The van der Waals surface area contributed by atoms with Crippen LogP contribution in [0.2, 0.25) is 0 Å². The van der Waals surface area contributed by atoms with Gasteiger partial charge in [0.15, 0.2) is 0 Å². The second-order valence-electron chi connectivity index (χ2n) is 6.43. The van der Waals surface area contributed by atoms with Crippen molar-refractivity contribution in [3.05, 3.63) is 29.3 Å². The topological polar surface area (TPSA) is 49.3 Å². The number of hydrogen-bond donors (Lipinski definition) is 2. The molecule has 0 heterocycles. The number of carbonyl (C=O) groups is 1. The van der Waals surface area contributed by atoms with E-state index in [-0.39, 0.29) is 23.8 Å². The van der Waals surface area contributed by atoms with E-state index < -0.39 is 0 Å². The first-order valence-electron chi connectivity index (χ1n) is 7.45. The summed E-state index contributed by atoms with van der Waals surface area (Å²) in [6.45, 7) is 6.12. The van der Waals surface area contributed by atoms with Gasteiger partial charge in [0.25, 0.3) is 0 Å². The lowest BCUT2D eigenvalue weighted by Crippen LogP contribution is -2.31. The van der Waals surface area contributed by atoms with Gasteiger partial charge in [0.05, 0.1) is 5.69 Å². The van der Waals surface area contributed by atoms with Crippen LogP contribution in [0.4, 0.5) is 5.69 Å². The monoisotopic (exact) mass is 285 g/mol. The van der Waals surface area contributed by atoms with Crippen LogP contribution in [0, 0.1) is 30.1 Å². The average Bonchev–Trinajstić information content (AvgIpc) is 2.77. The molecule has 2 rings (SSSR count). The second-order valence-corrected chi connectivity index (χ2v) is 6.43. The minimum Gasteiger partial charge on any atom is -0.384 e. The second kappa shape index (κ2) is 6.32. The SMILES string of the molecule is Cc1ccc(C#CCO)c(NC(=O)C2CCCC2(C)C)c1. The molecule has 1 amide bonds. The number of aryl methyl sites for hydroxylation is 1. The summed E-state index contributed by atoms with van der Waals surface area (Å²) in [7, 11) is 0. The smallest absolute Gasteiger partial charge is 0.228 e. The maximum atomic E-state index is 12.6. The highest BCUT2D eigenvalue weighted by atomic mass is 16.2. The number of carbonyl (C=O) groups excluding carboxylic acids is 1. The molecular weight excluding hydrogens is 262 g/mol. The molecule has 1 unspecified atom stereocenters. The average molecular weight is 285 g/mol. The molecule has 1 aliphatic carbocycles. The van der Waals surface area contributed by atoms with Crippen molar-refractivity contribution in [3.63, 3.8) is 0 Å². The van der Waals surface area contributed by atoms with Crippen molar-refractivity contribution in [1.82, 2.24) is 0 Å². The Morgan fingerprint density at radius 1 is 1.48 bits per heavy atom. The van der Waals surface area contributed by atoms with Crippen molar-refractivity contribution >= 4 is 11.6 Å². The third-order valence-corrected chi connectivity index (χ3v) is 4.31. The van der Waals surface area contributed by atoms with Crippen molar-refractivity contribution in [3.8, 4) is 11.8 Å². The van der Waals surface area contributed by atoms with Crippen LogP contribution < -0.4 is 5.32 Å². The van der Waals surface area contributed by atoms with E-state index in [0.29, 0.717) is 0 Å². The van der Waals surface area contributed by atoms with Crippen LogP contribution in [-0.4, -0.2) is 17.6 Å². The molecule has 0 bridgehead atoms. The Morgan fingerprint density at radius 3 is 2.86 bits per heavy atom. The Labute approximate surface area is 126 Å². The van der Waals surface area contributed by atoms with Crippen LogP contribution in [0.1, 0.15) is 44.2 Å². The Kier molecular flexibility index (Phi) is 4.69. The molecule has 1 atom stereocenters. The van der Waals surface area contributed by atoms with E-state index in [1.54, 1.807) is 0 Å². The van der Waals surface area contributed by atoms with Gasteiger partial charge in [-0.05, 0) is 42.9 Å². The lowest BCUT2D eigenvalue weighted by Gasteiger charge is -2.26. The summed E-state index contributed by atoms with van der Waals surface area (Å²) in [5, 5.41) is 11.9. The van der Waals surface area contributed by atoms with Crippen molar-refractivity contribution < 1.29 is 9.90 Å². The van der Waals surface area contributed by atoms with Crippen LogP contribution in [0.25, 0.3) is 0 Å². The van der Waals surface area contributed by atoms with Crippen molar-refractivity contribution in [2.45, 2.75) is 40.0 Å². The third kappa shape index (κ3) is 3.65. The molecular formula is C18H23NO2. The van der Waals surface area contributed by atoms with Crippen molar-refractivity contribution in [1.29, 1.82) is 0 Å². The molecule has 112 valence electrons. The quantitative estimate of drug-likeness (QED) is 0.820. The fourth-order valence-electron chi connectivity index (χ4n) is 3.04. The van der Waals surface area contributed by atoms with Gasteiger partial charge >= 0.3 is 0 Å². The molecule has 1 aliphatic rings. The first-order chi connectivity index (χ1) is 9.94. The maximum absolute atomic E-state index is 12.6. The first-order valence-corrected chi connectivity index (χ1v) is 7.45. The first kappa shape index (κ1) is 15.6. The van der Waals surface area contributed by atoms with E-state index in [1.165, 1.54) is 0 Å². The lowest BCUT2D eigenvalue weighted by atomic mass is 9.81. The molecule has 1 saturated carbocycles. The fourth-order valence-corrected chi connectivity index (χ4v) is 3.04. The molecule has 0 aromatic heterocycles. The normalized spacial score (nSPS) is 19.7. The molecule has 3 nitrogen and oxygen atoms in total. The lowest BCUT2D eigenvalue weighted by molar-refractivity contribution is -0.122. The Morgan fingerprint density at radius 2 is 2.24 bits per heavy atom. The number of benzene rings is 1. The number of aliphatic hydroxyl groups excluding tert-OH is 1. The van der Waals surface area contributed by atoms with Gasteiger partial charge in [-0.15, -0.1) is 0 Å². The van der Waals surface area contributed by atoms with Gasteiger partial charge in [0.1, 0.15) is 6.61 Å². The summed E-state index contributed by atoms with van der Waals surface area (Å²) in [6.07, 6.45) is 3.15. The van der Waals surface area contributed by atoms with Gasteiger partial charge in [-0.25, -0.2) is 0 Å². The van der Waals surface area contributed by atoms with Crippen LogP contribution >= 0.6 is 0 Å². The summed E-state index contributed by atoms with van der Waals surface area (Å²) in [5.74, 6) is 5.66. The fraction of sp³-hybridized carbons (Fsp3) is 0.500. The van der Waals surface area contributed by atoms with Gasteiger partial charge in [-0.1, -0.05) is 38.2 Å². The highest BCUT2D eigenvalue weighted by Crippen LogP contribution is 2.43. The summed E-state index contributed by atoms with van der Waals surface area (Å²) >= 11 is 0. The zero-order valence-corrected chi connectivity index (χ0v) is 13.0. The number of anilines is 1. The van der Waals surface area contributed by atoms with Gasteiger partial charge in [0.2, 0.25) is 5.91 Å². The maximum Gasteiger partial charge on any atom is 0.228 e. The van der Waals surface area contributed by atoms with Crippen LogP contribution in [0.5, 0.6) is 0 Å². The van der Waals surface area contributed by atoms with E-state index in [0.717, 1.165) is 36.1 Å². The molecule has 3 heteroatoms. The summed E-state index contributed by atoms with van der Waals surface area (Å²) in [6, 6.07) is 5.77. The van der Waals surface area contributed by atoms with Crippen molar-refractivity contribution in [2.24, 2.45) is 11.3 Å². The van der Waals surface area contributed by atoms with Crippen LogP contribution in [0.3, 0.4) is 0 Å². The van der Waals surface area contributed by atoms with Gasteiger partial charge < -0.3 is 10.4 Å². The summed E-state index contributed by atoms with van der Waals surface area (Å²) < 4.78 is 0. The predicted molar refractivity (Wildman–Crippen MR) is 84.9 cm³/mol. The predicted octanol–water partition coefficient (Wildman–Crippen LogP) is 3.10. The van der Waals surface area contributed by atoms with Gasteiger partial charge in [0, 0.05) is 11.5 Å². The zero-order chi connectivity index (χ0) is 15.5. The molecule has 1 aromatic rings. The Bertz CT molecular complexity index is 593. The molecule has 0 radical (unpaired) electrons.